The van der Waals surface area contributed by atoms with Gasteiger partial charge in [-0.3, -0.25) is 10.1 Å². The van der Waals surface area contributed by atoms with Crippen LogP contribution in [0.2, 0.25) is 0 Å². The van der Waals surface area contributed by atoms with Crippen LogP contribution in [-0.4, -0.2) is 43.6 Å². The Balaban J connectivity index is 2.00. The minimum absolute atomic E-state index is 0.191. The minimum atomic E-state index is -0.312. The van der Waals surface area contributed by atoms with Gasteiger partial charge in [0.2, 0.25) is 0 Å². The van der Waals surface area contributed by atoms with E-state index in [4.69, 9.17) is 0 Å². The maximum atomic E-state index is 10.9. The molecule has 1 aromatic carbocycles. The molecule has 0 bridgehead atoms. The van der Waals surface area contributed by atoms with Crippen LogP contribution in [0.5, 0.6) is 0 Å². The van der Waals surface area contributed by atoms with Crippen molar-refractivity contribution in [1.82, 2.24) is 4.90 Å². The number of nitro benzene ring substituents is 1. The fraction of sp³-hybridized carbons (Fsp3) is 0.625. The largest absolute Gasteiger partial charge is 0.371 e. The summed E-state index contributed by atoms with van der Waals surface area (Å²) in [6.07, 6.45) is 3.69. The fourth-order valence-corrected chi connectivity index (χ4v) is 3.62. The lowest BCUT2D eigenvalue weighted by Crippen LogP contribution is -2.35. The Morgan fingerprint density at radius 2 is 2.05 bits per heavy atom. The topological polar surface area (TPSA) is 49.6 Å². The predicted octanol–water partition coefficient (Wildman–Crippen LogP) is 3.70. The van der Waals surface area contributed by atoms with Gasteiger partial charge in [-0.05, 0) is 57.5 Å². The molecule has 0 spiro atoms. The highest BCUT2D eigenvalue weighted by atomic mass is 127. The lowest BCUT2D eigenvalue weighted by Gasteiger charge is -2.35. The van der Waals surface area contributed by atoms with Crippen LogP contribution in [0.4, 0.5) is 11.4 Å². The van der Waals surface area contributed by atoms with Gasteiger partial charge in [0.25, 0.3) is 5.69 Å². The molecule has 0 atom stereocenters. The van der Waals surface area contributed by atoms with Crippen molar-refractivity contribution in [2.45, 2.75) is 23.7 Å². The molecule has 1 heterocycles. The van der Waals surface area contributed by atoms with E-state index in [0.717, 1.165) is 35.5 Å². The van der Waals surface area contributed by atoms with E-state index < -0.39 is 0 Å². The number of alkyl halides is 1. The van der Waals surface area contributed by atoms with Crippen LogP contribution >= 0.6 is 22.6 Å². The molecule has 1 saturated heterocycles. The first-order chi connectivity index (χ1) is 10.5. The van der Waals surface area contributed by atoms with Crippen molar-refractivity contribution in [3.63, 3.8) is 0 Å². The Labute approximate surface area is 146 Å². The van der Waals surface area contributed by atoms with Gasteiger partial charge in [-0.2, -0.15) is 0 Å². The van der Waals surface area contributed by atoms with E-state index >= 15 is 0 Å². The second kappa shape index (κ2) is 8.10. The number of piperidine rings is 1. The van der Waals surface area contributed by atoms with Gasteiger partial charge in [0.15, 0.2) is 0 Å². The van der Waals surface area contributed by atoms with Gasteiger partial charge in [0, 0.05) is 35.3 Å². The monoisotopic (exact) mass is 417 g/mol. The molecule has 122 valence electrons. The molecule has 1 aromatic rings. The first-order valence-electron chi connectivity index (χ1n) is 7.74. The highest BCUT2D eigenvalue weighted by Gasteiger charge is 2.22. The number of rotatable bonds is 6. The molecule has 0 saturated carbocycles. The van der Waals surface area contributed by atoms with Crippen molar-refractivity contribution >= 4 is 34.0 Å². The SMILES string of the molecule is CN(C)CCC1CCN(c2ccc([N+](=O)[O-])cc2CI)CC1. The zero-order chi connectivity index (χ0) is 16.1. The van der Waals surface area contributed by atoms with E-state index in [1.54, 1.807) is 12.1 Å². The van der Waals surface area contributed by atoms with Crippen LogP contribution < -0.4 is 4.90 Å². The number of hydrogen-bond acceptors (Lipinski definition) is 4. The van der Waals surface area contributed by atoms with E-state index in [2.05, 4.69) is 46.5 Å². The average molecular weight is 417 g/mol. The van der Waals surface area contributed by atoms with Gasteiger partial charge >= 0.3 is 0 Å². The molecule has 22 heavy (non-hydrogen) atoms. The summed E-state index contributed by atoms with van der Waals surface area (Å²) in [5.41, 5.74) is 2.43. The number of anilines is 1. The maximum Gasteiger partial charge on any atom is 0.269 e. The van der Waals surface area contributed by atoms with Crippen LogP contribution in [0.1, 0.15) is 24.8 Å². The maximum absolute atomic E-state index is 10.9. The Bertz CT molecular complexity index is 514. The molecule has 1 fully saturated rings. The number of nitro groups is 1. The molecular weight excluding hydrogens is 393 g/mol. The first kappa shape index (κ1) is 17.5. The summed E-state index contributed by atoms with van der Waals surface area (Å²) >= 11 is 2.28. The van der Waals surface area contributed by atoms with E-state index in [9.17, 15) is 10.1 Å². The molecule has 0 N–H and O–H groups in total. The molecule has 1 aliphatic heterocycles. The third-order valence-corrected chi connectivity index (χ3v) is 5.18. The second-order valence-electron chi connectivity index (χ2n) is 6.23. The zero-order valence-corrected chi connectivity index (χ0v) is 15.5. The molecule has 2 rings (SSSR count). The van der Waals surface area contributed by atoms with Crippen molar-refractivity contribution < 1.29 is 4.92 Å². The molecule has 5 nitrogen and oxygen atoms in total. The minimum Gasteiger partial charge on any atom is -0.371 e. The van der Waals surface area contributed by atoms with Gasteiger partial charge in [-0.25, -0.2) is 0 Å². The highest BCUT2D eigenvalue weighted by Crippen LogP contribution is 2.31. The zero-order valence-electron chi connectivity index (χ0n) is 13.3. The first-order valence-corrected chi connectivity index (χ1v) is 9.26. The highest BCUT2D eigenvalue weighted by molar-refractivity contribution is 14.1. The number of non-ortho nitro benzene ring substituents is 1. The Kier molecular flexibility index (Phi) is 6.43. The third-order valence-electron chi connectivity index (χ3n) is 4.36. The van der Waals surface area contributed by atoms with E-state index in [1.807, 2.05) is 6.07 Å². The van der Waals surface area contributed by atoms with Crippen molar-refractivity contribution in [2.75, 3.05) is 38.6 Å². The summed E-state index contributed by atoms with van der Waals surface area (Å²) in [5, 5.41) is 10.9. The van der Waals surface area contributed by atoms with Gasteiger partial charge in [-0.1, -0.05) is 22.6 Å². The molecule has 6 heteroatoms. The van der Waals surface area contributed by atoms with Crippen molar-refractivity contribution in [2.24, 2.45) is 5.92 Å². The Morgan fingerprint density at radius 1 is 1.36 bits per heavy atom. The molecule has 0 unspecified atom stereocenters. The lowest BCUT2D eigenvalue weighted by atomic mass is 9.93. The molecule has 0 aliphatic carbocycles. The lowest BCUT2D eigenvalue weighted by molar-refractivity contribution is -0.384. The number of nitrogens with zero attached hydrogens (tertiary/aromatic N) is 3. The fourth-order valence-electron chi connectivity index (χ4n) is 3.00. The molecule has 0 aromatic heterocycles. The summed E-state index contributed by atoms with van der Waals surface area (Å²) in [7, 11) is 4.25. The normalized spacial score (nSPS) is 16.3. The standard InChI is InChI=1S/C16H24IN3O2/c1-18(2)8-5-13-6-9-19(10-7-13)16-4-3-15(20(21)22)11-14(16)12-17/h3-4,11,13H,5-10,12H2,1-2H3. The van der Waals surface area contributed by atoms with Crippen LogP contribution in [0, 0.1) is 16.0 Å². The predicted molar refractivity (Wildman–Crippen MR) is 98.9 cm³/mol. The summed E-state index contributed by atoms with van der Waals surface area (Å²) < 4.78 is 0.801. The summed E-state index contributed by atoms with van der Waals surface area (Å²) in [6.45, 7) is 3.26. The van der Waals surface area contributed by atoms with Crippen LogP contribution in [0.25, 0.3) is 0 Å². The van der Waals surface area contributed by atoms with E-state index in [0.29, 0.717) is 0 Å². The van der Waals surface area contributed by atoms with Crippen LogP contribution in [-0.2, 0) is 4.43 Å². The van der Waals surface area contributed by atoms with Crippen molar-refractivity contribution in [3.05, 3.63) is 33.9 Å². The third kappa shape index (κ3) is 4.55. The number of hydrogen-bond donors (Lipinski definition) is 0. The number of halogens is 1. The van der Waals surface area contributed by atoms with Crippen LogP contribution in [0.15, 0.2) is 18.2 Å². The Hall–Kier alpha value is -0.890. The summed E-state index contributed by atoms with van der Waals surface area (Å²) in [6, 6.07) is 5.27. The van der Waals surface area contributed by atoms with Crippen LogP contribution in [0.3, 0.4) is 0 Å². The molecule has 0 amide bonds. The number of benzene rings is 1. The van der Waals surface area contributed by atoms with Gasteiger partial charge in [0.1, 0.15) is 0 Å². The van der Waals surface area contributed by atoms with E-state index in [-0.39, 0.29) is 10.6 Å². The molecule has 1 aliphatic rings. The summed E-state index contributed by atoms with van der Waals surface area (Å²) in [4.78, 5) is 15.2. The quantitative estimate of drug-likeness (QED) is 0.307. The molecular formula is C16H24IN3O2. The van der Waals surface area contributed by atoms with Gasteiger partial charge in [-0.15, -0.1) is 0 Å². The van der Waals surface area contributed by atoms with Crippen molar-refractivity contribution in [1.29, 1.82) is 0 Å². The van der Waals surface area contributed by atoms with Gasteiger partial charge in [0.05, 0.1) is 4.92 Å². The second-order valence-corrected chi connectivity index (χ2v) is 6.99. The smallest absolute Gasteiger partial charge is 0.269 e. The van der Waals surface area contributed by atoms with E-state index in [1.165, 1.54) is 24.9 Å². The summed E-state index contributed by atoms with van der Waals surface area (Å²) in [5.74, 6) is 0.805. The van der Waals surface area contributed by atoms with Crippen molar-refractivity contribution in [3.8, 4) is 0 Å². The molecule has 0 radical (unpaired) electrons. The average Bonchev–Trinajstić information content (AvgIpc) is 2.52. The van der Waals surface area contributed by atoms with Gasteiger partial charge < -0.3 is 9.80 Å². The Morgan fingerprint density at radius 3 is 2.59 bits per heavy atom.